The van der Waals surface area contributed by atoms with Crippen LogP contribution in [0.3, 0.4) is 0 Å². The van der Waals surface area contributed by atoms with E-state index in [4.69, 9.17) is 4.74 Å². The first-order chi connectivity index (χ1) is 13.6. The van der Waals surface area contributed by atoms with Crippen LogP contribution in [0.25, 0.3) is 0 Å². The van der Waals surface area contributed by atoms with Crippen molar-refractivity contribution in [2.45, 2.75) is 38.8 Å². The number of nitrogens with zero attached hydrogens (tertiary/aromatic N) is 3. The van der Waals surface area contributed by atoms with Gasteiger partial charge in [0.1, 0.15) is 0 Å². The molecule has 0 spiro atoms. The molecule has 1 aliphatic rings. The van der Waals surface area contributed by atoms with E-state index in [0.29, 0.717) is 5.82 Å². The topological polar surface area (TPSA) is 71.4 Å². The maximum absolute atomic E-state index is 12.4. The summed E-state index contributed by atoms with van der Waals surface area (Å²) >= 11 is 0. The minimum atomic E-state index is -0.184. The van der Waals surface area contributed by atoms with Crippen molar-refractivity contribution in [3.8, 4) is 0 Å². The standard InChI is InChI=1S/C21H31N5O2/c1-16-15-26(17(2)18-7-5-4-6-8-18)24-20(16)23-21(27)22-19-9-11-25(12-10-19)13-14-28-3/h4-8,15,17,19H,9-14H2,1-3H3,(H2,22,23,24,27). The Bertz CT molecular complexity index is 753. The number of aromatic nitrogens is 2. The first-order valence-corrected chi connectivity index (χ1v) is 9.96. The van der Waals surface area contributed by atoms with E-state index in [0.717, 1.165) is 44.6 Å². The number of methoxy groups -OCH3 is 1. The van der Waals surface area contributed by atoms with Crippen molar-refractivity contribution in [2.75, 3.05) is 38.7 Å². The van der Waals surface area contributed by atoms with Crippen LogP contribution in [0, 0.1) is 6.92 Å². The van der Waals surface area contributed by atoms with Crippen LogP contribution in [-0.4, -0.2) is 60.1 Å². The van der Waals surface area contributed by atoms with Gasteiger partial charge in [-0.3, -0.25) is 10.00 Å². The zero-order valence-electron chi connectivity index (χ0n) is 17.0. The molecule has 28 heavy (non-hydrogen) atoms. The Morgan fingerprint density at radius 3 is 2.68 bits per heavy atom. The van der Waals surface area contributed by atoms with Crippen molar-refractivity contribution in [2.24, 2.45) is 0 Å². The van der Waals surface area contributed by atoms with Gasteiger partial charge < -0.3 is 15.0 Å². The average Bonchev–Trinajstić information content (AvgIpc) is 3.07. The normalized spacial score (nSPS) is 16.7. The van der Waals surface area contributed by atoms with Crippen LogP contribution in [0.2, 0.25) is 0 Å². The second kappa shape index (κ2) is 9.71. The third-order valence-electron chi connectivity index (χ3n) is 5.36. The van der Waals surface area contributed by atoms with Crippen LogP contribution >= 0.6 is 0 Å². The maximum Gasteiger partial charge on any atom is 0.320 e. The summed E-state index contributed by atoms with van der Waals surface area (Å²) in [5.41, 5.74) is 2.13. The summed E-state index contributed by atoms with van der Waals surface area (Å²) in [6, 6.07) is 10.3. The maximum atomic E-state index is 12.4. The molecule has 2 N–H and O–H groups in total. The second-order valence-electron chi connectivity index (χ2n) is 7.43. The fourth-order valence-electron chi connectivity index (χ4n) is 3.54. The second-order valence-corrected chi connectivity index (χ2v) is 7.43. The van der Waals surface area contributed by atoms with E-state index in [2.05, 4.69) is 39.7 Å². The molecule has 1 aromatic heterocycles. The summed E-state index contributed by atoms with van der Waals surface area (Å²) in [6.45, 7) is 7.73. The van der Waals surface area contributed by atoms with Gasteiger partial charge in [0.05, 0.1) is 12.6 Å². The van der Waals surface area contributed by atoms with Crippen molar-refractivity contribution in [3.05, 3.63) is 47.7 Å². The van der Waals surface area contributed by atoms with Gasteiger partial charge in [-0.2, -0.15) is 5.10 Å². The number of carbonyl (C=O) groups excluding carboxylic acids is 1. The number of urea groups is 1. The molecule has 0 bridgehead atoms. The van der Waals surface area contributed by atoms with Gasteiger partial charge in [-0.25, -0.2) is 4.79 Å². The van der Waals surface area contributed by atoms with Gasteiger partial charge in [0.25, 0.3) is 0 Å². The van der Waals surface area contributed by atoms with Crippen LogP contribution < -0.4 is 10.6 Å². The summed E-state index contributed by atoms with van der Waals surface area (Å²) in [7, 11) is 1.72. The van der Waals surface area contributed by atoms with Gasteiger partial charge in [0.15, 0.2) is 5.82 Å². The van der Waals surface area contributed by atoms with Crippen LogP contribution in [0.1, 0.15) is 36.9 Å². The van der Waals surface area contributed by atoms with Gasteiger partial charge in [0, 0.05) is 44.5 Å². The van der Waals surface area contributed by atoms with Crippen LogP contribution in [0.5, 0.6) is 0 Å². The third kappa shape index (κ3) is 5.33. The molecule has 2 heterocycles. The van der Waals surface area contributed by atoms with E-state index in [9.17, 15) is 4.79 Å². The third-order valence-corrected chi connectivity index (χ3v) is 5.36. The predicted molar refractivity (Wildman–Crippen MR) is 111 cm³/mol. The average molecular weight is 386 g/mol. The van der Waals surface area contributed by atoms with Gasteiger partial charge in [-0.15, -0.1) is 0 Å². The van der Waals surface area contributed by atoms with Crippen molar-refractivity contribution < 1.29 is 9.53 Å². The molecule has 0 saturated carbocycles. The van der Waals surface area contributed by atoms with Crippen molar-refractivity contribution >= 4 is 11.8 Å². The molecule has 0 aliphatic carbocycles. The lowest BCUT2D eigenvalue weighted by Crippen LogP contribution is -2.46. The monoisotopic (exact) mass is 385 g/mol. The molecule has 1 atom stereocenters. The quantitative estimate of drug-likeness (QED) is 0.769. The summed E-state index contributed by atoms with van der Waals surface area (Å²) in [6.07, 6.45) is 3.88. The predicted octanol–water partition coefficient (Wildman–Crippen LogP) is 3.03. The van der Waals surface area contributed by atoms with Crippen molar-refractivity contribution in [1.29, 1.82) is 0 Å². The first-order valence-electron chi connectivity index (χ1n) is 9.96. The van der Waals surface area contributed by atoms with E-state index in [1.165, 1.54) is 5.56 Å². The molecule has 1 fully saturated rings. The molecule has 2 aromatic rings. The highest BCUT2D eigenvalue weighted by molar-refractivity contribution is 5.89. The Morgan fingerprint density at radius 2 is 2.00 bits per heavy atom. The number of amides is 2. The summed E-state index contributed by atoms with van der Waals surface area (Å²) in [5.74, 6) is 0.609. The highest BCUT2D eigenvalue weighted by Gasteiger charge is 2.21. The molecule has 2 amide bonds. The summed E-state index contributed by atoms with van der Waals surface area (Å²) < 4.78 is 7.03. The molecule has 1 aromatic carbocycles. The highest BCUT2D eigenvalue weighted by Crippen LogP contribution is 2.21. The summed E-state index contributed by atoms with van der Waals surface area (Å²) in [5, 5.41) is 10.6. The van der Waals surface area contributed by atoms with Gasteiger partial charge in [0.2, 0.25) is 0 Å². The van der Waals surface area contributed by atoms with Crippen LogP contribution in [0.15, 0.2) is 36.5 Å². The number of rotatable bonds is 7. The minimum absolute atomic E-state index is 0.106. The fraction of sp³-hybridized carbons (Fsp3) is 0.524. The van der Waals surface area contributed by atoms with E-state index in [1.54, 1.807) is 7.11 Å². The van der Waals surface area contributed by atoms with E-state index in [-0.39, 0.29) is 18.1 Å². The number of benzene rings is 1. The van der Waals surface area contributed by atoms with E-state index in [1.807, 2.05) is 36.0 Å². The molecule has 0 radical (unpaired) electrons. The molecule has 152 valence electrons. The van der Waals surface area contributed by atoms with E-state index >= 15 is 0 Å². The number of likely N-dealkylation sites (tertiary alicyclic amines) is 1. The Labute approximate surface area is 167 Å². The number of hydrogen-bond acceptors (Lipinski definition) is 4. The number of aryl methyl sites for hydroxylation is 1. The van der Waals surface area contributed by atoms with E-state index < -0.39 is 0 Å². The van der Waals surface area contributed by atoms with Gasteiger partial charge in [-0.05, 0) is 32.3 Å². The number of piperidine rings is 1. The smallest absolute Gasteiger partial charge is 0.320 e. The largest absolute Gasteiger partial charge is 0.383 e. The minimum Gasteiger partial charge on any atom is -0.383 e. The van der Waals surface area contributed by atoms with Crippen molar-refractivity contribution in [3.63, 3.8) is 0 Å². The Hall–Kier alpha value is -2.38. The zero-order valence-corrected chi connectivity index (χ0v) is 17.0. The molecule has 7 nitrogen and oxygen atoms in total. The molecule has 7 heteroatoms. The number of hydrogen-bond donors (Lipinski definition) is 2. The molecule has 1 aliphatic heterocycles. The highest BCUT2D eigenvalue weighted by atomic mass is 16.5. The summed E-state index contributed by atoms with van der Waals surface area (Å²) in [4.78, 5) is 14.8. The molecule has 3 rings (SSSR count). The number of anilines is 1. The Morgan fingerprint density at radius 1 is 1.29 bits per heavy atom. The molecule has 1 unspecified atom stereocenters. The molecular formula is C21H31N5O2. The SMILES string of the molecule is COCCN1CCC(NC(=O)Nc2nn(C(C)c3ccccc3)cc2C)CC1. The molecule has 1 saturated heterocycles. The number of carbonyl (C=O) groups is 1. The Balaban J connectivity index is 1.52. The zero-order chi connectivity index (χ0) is 19.9. The number of ether oxygens (including phenoxy) is 1. The lowest BCUT2D eigenvalue weighted by Gasteiger charge is -2.32. The van der Waals surface area contributed by atoms with Crippen LogP contribution in [0.4, 0.5) is 10.6 Å². The molecular weight excluding hydrogens is 354 g/mol. The lowest BCUT2D eigenvalue weighted by molar-refractivity contribution is 0.127. The Kier molecular flexibility index (Phi) is 7.06. The fourth-order valence-corrected chi connectivity index (χ4v) is 3.54. The van der Waals surface area contributed by atoms with Crippen LogP contribution in [-0.2, 0) is 4.74 Å². The van der Waals surface area contributed by atoms with Gasteiger partial charge in [-0.1, -0.05) is 30.3 Å². The number of nitrogens with one attached hydrogen (secondary N) is 2. The van der Waals surface area contributed by atoms with Crippen molar-refractivity contribution in [1.82, 2.24) is 20.0 Å². The lowest BCUT2D eigenvalue weighted by atomic mass is 10.1. The van der Waals surface area contributed by atoms with Gasteiger partial charge >= 0.3 is 6.03 Å². The first kappa shape index (κ1) is 20.4.